The monoisotopic (exact) mass is 300 g/mol. The number of rotatable bonds is 4. The maximum absolute atomic E-state index is 11.7. The zero-order chi connectivity index (χ0) is 12.1. The Balaban J connectivity index is 2.55. The van der Waals surface area contributed by atoms with E-state index in [1.807, 2.05) is 11.4 Å². The summed E-state index contributed by atoms with van der Waals surface area (Å²) in [6, 6.07) is 1.39. The highest BCUT2D eigenvalue weighted by Gasteiger charge is 2.17. The number of amides is 1. The van der Waals surface area contributed by atoms with Gasteiger partial charge >= 0.3 is 0 Å². The molecule has 0 saturated carbocycles. The van der Waals surface area contributed by atoms with Gasteiger partial charge in [-0.2, -0.15) is 0 Å². The molecule has 16 heavy (non-hydrogen) atoms. The predicted molar refractivity (Wildman–Crippen MR) is 69.9 cm³/mol. The van der Waals surface area contributed by atoms with E-state index in [4.69, 9.17) is 12.2 Å². The Labute approximate surface area is 108 Å². The van der Waals surface area contributed by atoms with Crippen LogP contribution < -0.4 is 5.73 Å². The first kappa shape index (κ1) is 13.2. The van der Waals surface area contributed by atoms with E-state index >= 15 is 0 Å². The molecule has 0 spiro atoms. The average molecular weight is 301 g/mol. The molecule has 0 fully saturated rings. The van der Waals surface area contributed by atoms with Crippen molar-refractivity contribution in [3.63, 3.8) is 0 Å². The van der Waals surface area contributed by atoms with Gasteiger partial charge in [0.05, 0.1) is 12.6 Å². The van der Waals surface area contributed by atoms with Gasteiger partial charge < -0.3 is 10.6 Å². The smallest absolute Gasteiger partial charge is 0.240 e. The molecule has 1 rings (SSSR count). The van der Waals surface area contributed by atoms with Crippen LogP contribution in [-0.4, -0.2) is 23.9 Å². The van der Waals surface area contributed by atoms with Crippen LogP contribution in [0, 0.1) is 12.3 Å². The summed E-state index contributed by atoms with van der Waals surface area (Å²) in [5, 5.41) is 1.98. The molecule has 5 heteroatoms. The Morgan fingerprint density at radius 3 is 3.00 bits per heavy atom. The number of terminal acetylenes is 1. The van der Waals surface area contributed by atoms with Gasteiger partial charge in [-0.25, -0.2) is 0 Å². The molecule has 0 aliphatic rings. The van der Waals surface area contributed by atoms with E-state index in [2.05, 4.69) is 21.9 Å². The van der Waals surface area contributed by atoms with Gasteiger partial charge in [-0.1, -0.05) is 0 Å². The minimum atomic E-state index is -0.599. The Hall–Kier alpha value is -0.830. The minimum Gasteiger partial charge on any atom is -0.339 e. The van der Waals surface area contributed by atoms with Crippen molar-refractivity contribution in [2.45, 2.75) is 19.0 Å². The molecule has 0 aliphatic carbocycles. The number of hydrogen-bond donors (Lipinski definition) is 1. The van der Waals surface area contributed by atoms with E-state index in [1.54, 1.807) is 23.3 Å². The molecule has 0 radical (unpaired) electrons. The van der Waals surface area contributed by atoms with Crippen LogP contribution in [0.5, 0.6) is 0 Å². The topological polar surface area (TPSA) is 46.3 Å². The summed E-state index contributed by atoms with van der Waals surface area (Å²) in [4.78, 5) is 14.4. The van der Waals surface area contributed by atoms with Crippen molar-refractivity contribution in [1.82, 2.24) is 4.90 Å². The first-order chi connectivity index (χ1) is 7.54. The third-order valence-electron chi connectivity index (χ3n) is 2.05. The molecule has 0 aromatic carbocycles. The fraction of sp³-hybridized carbons (Fsp3) is 0.364. The number of likely N-dealkylation sites (N-methyl/N-ethyl adjacent to an activating group) is 1. The Bertz CT molecular complexity index is 410. The van der Waals surface area contributed by atoms with Gasteiger partial charge in [-0.3, -0.25) is 4.79 Å². The Morgan fingerprint density at radius 2 is 2.50 bits per heavy atom. The quantitative estimate of drug-likeness (QED) is 0.862. The fourth-order valence-electron chi connectivity index (χ4n) is 1.25. The summed E-state index contributed by atoms with van der Waals surface area (Å²) in [5.74, 6) is 2.27. The molecule has 1 atom stereocenters. The molecule has 1 heterocycles. The second-order valence-corrected chi connectivity index (χ2v) is 5.35. The Kier molecular flexibility index (Phi) is 5.00. The number of carbonyl (C=O) groups is 1. The number of nitrogens with zero attached hydrogens (tertiary/aromatic N) is 1. The summed E-state index contributed by atoms with van der Waals surface area (Å²) in [5.41, 5.74) is 5.65. The van der Waals surface area contributed by atoms with Crippen LogP contribution in [0.1, 0.15) is 11.3 Å². The molecule has 0 aliphatic heterocycles. The van der Waals surface area contributed by atoms with E-state index < -0.39 is 6.04 Å². The van der Waals surface area contributed by atoms with Gasteiger partial charge in [-0.15, -0.1) is 23.7 Å². The summed E-state index contributed by atoms with van der Waals surface area (Å²) in [6.45, 7) is 0.563. The van der Waals surface area contributed by atoms with E-state index in [9.17, 15) is 4.79 Å². The molecule has 1 unspecified atom stereocenters. The molecular weight excluding hydrogens is 288 g/mol. The van der Waals surface area contributed by atoms with Crippen LogP contribution in [0.3, 0.4) is 0 Å². The van der Waals surface area contributed by atoms with Crippen molar-refractivity contribution < 1.29 is 4.79 Å². The molecule has 86 valence electrons. The van der Waals surface area contributed by atoms with Crippen molar-refractivity contribution in [3.05, 3.63) is 20.8 Å². The van der Waals surface area contributed by atoms with Gasteiger partial charge in [0.15, 0.2) is 0 Å². The molecule has 1 aromatic heterocycles. The first-order valence-electron chi connectivity index (χ1n) is 4.71. The molecule has 3 nitrogen and oxygen atoms in total. The van der Waals surface area contributed by atoms with Crippen molar-refractivity contribution in [2.24, 2.45) is 5.73 Å². The van der Waals surface area contributed by atoms with Crippen molar-refractivity contribution >= 4 is 33.2 Å². The highest BCUT2D eigenvalue weighted by Crippen LogP contribution is 2.20. The number of halogens is 1. The van der Waals surface area contributed by atoms with E-state index in [0.29, 0.717) is 6.54 Å². The number of carbonyl (C=O) groups excluding carboxylic acids is 1. The highest BCUT2D eigenvalue weighted by atomic mass is 79.9. The Morgan fingerprint density at radius 1 is 1.81 bits per heavy atom. The second kappa shape index (κ2) is 6.04. The number of thiophene rings is 1. The van der Waals surface area contributed by atoms with Crippen molar-refractivity contribution in [2.75, 3.05) is 7.05 Å². The van der Waals surface area contributed by atoms with Crippen LogP contribution in [0.4, 0.5) is 0 Å². The highest BCUT2D eigenvalue weighted by molar-refractivity contribution is 9.10. The fourth-order valence-corrected chi connectivity index (χ4v) is 2.75. The maximum atomic E-state index is 11.7. The SMILES string of the molecule is C#CCC(N)C(=O)N(C)Cc1cc(Br)cs1. The van der Waals surface area contributed by atoms with Crippen LogP contribution in [0.15, 0.2) is 15.9 Å². The maximum Gasteiger partial charge on any atom is 0.240 e. The largest absolute Gasteiger partial charge is 0.339 e. The summed E-state index contributed by atoms with van der Waals surface area (Å²) >= 11 is 4.97. The third kappa shape index (κ3) is 3.63. The van der Waals surface area contributed by atoms with Gasteiger partial charge in [-0.05, 0) is 22.0 Å². The zero-order valence-corrected chi connectivity index (χ0v) is 11.3. The van der Waals surface area contributed by atoms with Crippen LogP contribution in [0.25, 0.3) is 0 Å². The lowest BCUT2D eigenvalue weighted by molar-refractivity contribution is -0.131. The summed E-state index contributed by atoms with van der Waals surface area (Å²) in [7, 11) is 1.73. The molecule has 0 bridgehead atoms. The van der Waals surface area contributed by atoms with Crippen molar-refractivity contribution in [1.29, 1.82) is 0 Å². The number of nitrogens with two attached hydrogens (primary N) is 1. The van der Waals surface area contributed by atoms with E-state index in [0.717, 1.165) is 9.35 Å². The average Bonchev–Trinajstić information content (AvgIpc) is 2.63. The second-order valence-electron chi connectivity index (χ2n) is 3.44. The van der Waals surface area contributed by atoms with E-state index in [-0.39, 0.29) is 12.3 Å². The molecule has 1 aromatic rings. The molecule has 1 amide bonds. The third-order valence-corrected chi connectivity index (χ3v) is 3.73. The van der Waals surface area contributed by atoms with Crippen LogP contribution >= 0.6 is 27.3 Å². The lowest BCUT2D eigenvalue weighted by Crippen LogP contribution is -2.41. The summed E-state index contributed by atoms with van der Waals surface area (Å²) < 4.78 is 1.03. The first-order valence-corrected chi connectivity index (χ1v) is 6.38. The molecular formula is C11H13BrN2OS. The van der Waals surface area contributed by atoms with Gasteiger partial charge in [0.2, 0.25) is 5.91 Å². The van der Waals surface area contributed by atoms with Crippen LogP contribution in [-0.2, 0) is 11.3 Å². The van der Waals surface area contributed by atoms with E-state index in [1.165, 1.54) is 0 Å². The van der Waals surface area contributed by atoms with Gasteiger partial charge in [0, 0.05) is 28.2 Å². The lowest BCUT2D eigenvalue weighted by Gasteiger charge is -2.19. The summed E-state index contributed by atoms with van der Waals surface area (Å²) in [6.07, 6.45) is 5.39. The normalized spacial score (nSPS) is 11.9. The standard InChI is InChI=1S/C11H13BrN2OS/c1-3-4-10(13)11(15)14(2)6-9-5-8(12)7-16-9/h1,5,7,10H,4,6,13H2,2H3. The molecule has 2 N–H and O–H groups in total. The number of hydrogen-bond acceptors (Lipinski definition) is 3. The van der Waals surface area contributed by atoms with Gasteiger partial charge in [0.1, 0.15) is 0 Å². The predicted octanol–water partition coefficient (Wildman–Crippen LogP) is 1.82. The lowest BCUT2D eigenvalue weighted by atomic mass is 10.2. The van der Waals surface area contributed by atoms with Crippen LogP contribution in [0.2, 0.25) is 0 Å². The van der Waals surface area contributed by atoms with Gasteiger partial charge in [0.25, 0.3) is 0 Å². The van der Waals surface area contributed by atoms with Crippen molar-refractivity contribution in [3.8, 4) is 12.3 Å². The zero-order valence-electron chi connectivity index (χ0n) is 8.94. The molecule has 0 saturated heterocycles. The minimum absolute atomic E-state index is 0.123.